The molecule has 1 amide bonds. The molecule has 238 valence electrons. The van der Waals surface area contributed by atoms with Crippen LogP contribution >= 0.6 is 0 Å². The molecule has 2 rings (SSSR count). The van der Waals surface area contributed by atoms with Crippen LogP contribution < -0.4 is 43.3 Å². The standard InChI is InChI=1S/C36H58N2O3.HI/c1-6-7-8-9-10-11-12-13-14-15-16-17-18-19-27-40-34-23-22-32(28-33(34)36(2,3)4)41-30-35(39)37-25-24-31-21-20-26-38(5)29-31;/h20-23,26,28-29H,6-19,24-25,27,30H2,1-5H3;1H. The molecular weight excluding hydrogens is 635 g/mol. The van der Waals surface area contributed by atoms with E-state index in [0.717, 1.165) is 30.8 Å². The summed E-state index contributed by atoms with van der Waals surface area (Å²) in [5.74, 6) is 1.50. The molecule has 2 aromatic rings. The van der Waals surface area contributed by atoms with Gasteiger partial charge in [-0.25, -0.2) is 4.57 Å². The lowest BCUT2D eigenvalue weighted by molar-refractivity contribution is -0.671. The van der Waals surface area contributed by atoms with Gasteiger partial charge in [-0.15, -0.1) is 0 Å². The highest BCUT2D eigenvalue weighted by Crippen LogP contribution is 2.34. The number of amides is 1. The predicted octanol–water partition coefficient (Wildman–Crippen LogP) is 5.41. The molecule has 0 aliphatic heterocycles. The first-order valence-electron chi connectivity index (χ1n) is 16.4. The van der Waals surface area contributed by atoms with Crippen molar-refractivity contribution in [2.45, 2.75) is 129 Å². The van der Waals surface area contributed by atoms with Gasteiger partial charge in [0.25, 0.3) is 5.91 Å². The summed E-state index contributed by atoms with van der Waals surface area (Å²) in [6, 6.07) is 10.0. The first-order chi connectivity index (χ1) is 19.8. The summed E-state index contributed by atoms with van der Waals surface area (Å²) in [6.45, 7) is 10.2. The van der Waals surface area contributed by atoms with Gasteiger partial charge in [0.15, 0.2) is 19.0 Å². The summed E-state index contributed by atoms with van der Waals surface area (Å²) in [7, 11) is 2.00. The van der Waals surface area contributed by atoms with Gasteiger partial charge in [-0.1, -0.05) is 111 Å². The summed E-state index contributed by atoms with van der Waals surface area (Å²) < 4.78 is 14.1. The Morgan fingerprint density at radius 3 is 2.00 bits per heavy atom. The molecule has 6 heteroatoms. The van der Waals surface area contributed by atoms with E-state index in [4.69, 9.17) is 9.47 Å². The predicted molar refractivity (Wildman–Crippen MR) is 171 cm³/mol. The lowest BCUT2D eigenvalue weighted by Gasteiger charge is -2.24. The normalized spacial score (nSPS) is 11.2. The van der Waals surface area contributed by atoms with Gasteiger partial charge in [-0.3, -0.25) is 4.79 Å². The topological polar surface area (TPSA) is 51.4 Å². The van der Waals surface area contributed by atoms with Crippen LogP contribution in [-0.2, 0) is 23.7 Å². The third-order valence-electron chi connectivity index (χ3n) is 7.62. The minimum absolute atomic E-state index is 0. The Morgan fingerprint density at radius 1 is 0.833 bits per heavy atom. The van der Waals surface area contributed by atoms with Gasteiger partial charge >= 0.3 is 0 Å². The third kappa shape index (κ3) is 17.3. The van der Waals surface area contributed by atoms with Crippen LogP contribution in [0.25, 0.3) is 0 Å². The Balaban J connectivity index is 0.00000882. The van der Waals surface area contributed by atoms with Crippen molar-refractivity contribution >= 4 is 5.91 Å². The number of hydrogen-bond acceptors (Lipinski definition) is 3. The highest BCUT2D eigenvalue weighted by atomic mass is 127. The van der Waals surface area contributed by atoms with E-state index in [1.807, 2.05) is 42.1 Å². The zero-order chi connectivity index (χ0) is 29.8. The largest absolute Gasteiger partial charge is 1.00 e. The van der Waals surface area contributed by atoms with Crippen molar-refractivity contribution in [3.05, 3.63) is 53.9 Å². The number of unbranched alkanes of at least 4 members (excludes halogenated alkanes) is 13. The minimum Gasteiger partial charge on any atom is -1.00 e. The molecule has 1 heterocycles. The zero-order valence-corrected chi connectivity index (χ0v) is 29.5. The summed E-state index contributed by atoms with van der Waals surface area (Å²) >= 11 is 0. The van der Waals surface area contributed by atoms with E-state index in [0.29, 0.717) is 12.3 Å². The Morgan fingerprint density at radius 2 is 1.43 bits per heavy atom. The van der Waals surface area contributed by atoms with Crippen LogP contribution in [0.2, 0.25) is 0 Å². The molecule has 0 radical (unpaired) electrons. The molecule has 1 N–H and O–H groups in total. The number of ether oxygens (including phenoxy) is 2. The maximum atomic E-state index is 12.3. The smallest absolute Gasteiger partial charge is 0.257 e. The fourth-order valence-corrected chi connectivity index (χ4v) is 5.13. The molecule has 0 bridgehead atoms. The number of rotatable bonds is 22. The molecule has 0 aliphatic carbocycles. The maximum Gasteiger partial charge on any atom is 0.257 e. The molecule has 0 fully saturated rings. The van der Waals surface area contributed by atoms with Crippen molar-refractivity contribution in [2.75, 3.05) is 19.8 Å². The molecule has 0 spiro atoms. The van der Waals surface area contributed by atoms with Crippen molar-refractivity contribution < 1.29 is 42.8 Å². The van der Waals surface area contributed by atoms with E-state index in [1.165, 1.54) is 89.0 Å². The minimum atomic E-state index is -0.110. The van der Waals surface area contributed by atoms with Crippen molar-refractivity contribution in [3.8, 4) is 11.5 Å². The van der Waals surface area contributed by atoms with Gasteiger partial charge < -0.3 is 38.8 Å². The summed E-state index contributed by atoms with van der Waals surface area (Å²) in [4.78, 5) is 12.3. The van der Waals surface area contributed by atoms with Crippen molar-refractivity contribution in [3.63, 3.8) is 0 Å². The Hall–Kier alpha value is -1.83. The number of aromatic nitrogens is 1. The lowest BCUT2D eigenvalue weighted by Crippen LogP contribution is -3.00. The fourth-order valence-electron chi connectivity index (χ4n) is 5.13. The SMILES string of the molecule is CCCCCCCCCCCCCCCCOc1ccc(OCC(=O)NCCc2ccc[n+](C)c2)cc1C(C)(C)C.[I-]. The number of halogens is 1. The number of aryl methyl sites for hydroxylation is 1. The number of nitrogens with one attached hydrogen (secondary N) is 1. The molecule has 0 unspecified atom stereocenters. The van der Waals surface area contributed by atoms with E-state index in [2.05, 4.69) is 45.3 Å². The number of pyridine rings is 1. The average Bonchev–Trinajstić information content (AvgIpc) is 2.94. The van der Waals surface area contributed by atoms with Crippen molar-refractivity contribution in [2.24, 2.45) is 7.05 Å². The van der Waals surface area contributed by atoms with E-state index in [-0.39, 0.29) is 41.9 Å². The maximum absolute atomic E-state index is 12.3. The second kappa shape index (κ2) is 22.7. The second-order valence-corrected chi connectivity index (χ2v) is 12.6. The average molecular weight is 695 g/mol. The Labute approximate surface area is 274 Å². The van der Waals surface area contributed by atoms with Gasteiger partial charge in [0.1, 0.15) is 18.5 Å². The van der Waals surface area contributed by atoms with Crippen LogP contribution in [0.5, 0.6) is 11.5 Å². The van der Waals surface area contributed by atoms with Crippen LogP contribution in [0.15, 0.2) is 42.7 Å². The molecule has 0 aliphatic rings. The number of carbonyl (C=O) groups excluding carboxylic acids is 1. The van der Waals surface area contributed by atoms with Crippen LogP contribution in [0, 0.1) is 0 Å². The van der Waals surface area contributed by atoms with Gasteiger partial charge in [-0.2, -0.15) is 0 Å². The molecular formula is C36H59IN2O3. The number of hydrogen-bond donors (Lipinski definition) is 1. The fraction of sp³-hybridized carbons (Fsp3) is 0.667. The van der Waals surface area contributed by atoms with Crippen molar-refractivity contribution in [1.82, 2.24) is 5.32 Å². The number of nitrogens with zero attached hydrogens (tertiary/aromatic N) is 1. The van der Waals surface area contributed by atoms with Crippen LogP contribution in [0.1, 0.15) is 129 Å². The van der Waals surface area contributed by atoms with Gasteiger partial charge in [0, 0.05) is 23.7 Å². The molecule has 42 heavy (non-hydrogen) atoms. The van der Waals surface area contributed by atoms with Crippen molar-refractivity contribution in [1.29, 1.82) is 0 Å². The molecule has 0 atom stereocenters. The monoisotopic (exact) mass is 694 g/mol. The molecule has 0 saturated heterocycles. The summed E-state index contributed by atoms with van der Waals surface area (Å²) in [6.07, 6.45) is 23.8. The molecule has 5 nitrogen and oxygen atoms in total. The first-order valence-corrected chi connectivity index (χ1v) is 16.4. The van der Waals surface area contributed by atoms with Crippen LogP contribution in [0.4, 0.5) is 0 Å². The lowest BCUT2D eigenvalue weighted by atomic mass is 9.86. The molecule has 1 aromatic carbocycles. The molecule has 1 aromatic heterocycles. The van der Waals surface area contributed by atoms with Gasteiger partial charge in [0.05, 0.1) is 6.61 Å². The van der Waals surface area contributed by atoms with Gasteiger partial charge in [-0.05, 0) is 42.5 Å². The van der Waals surface area contributed by atoms with Crippen LogP contribution in [0.3, 0.4) is 0 Å². The number of carbonyl (C=O) groups is 1. The summed E-state index contributed by atoms with van der Waals surface area (Å²) in [5, 5.41) is 2.95. The molecule has 0 saturated carbocycles. The highest BCUT2D eigenvalue weighted by molar-refractivity contribution is 5.77. The van der Waals surface area contributed by atoms with E-state index >= 15 is 0 Å². The van der Waals surface area contributed by atoms with E-state index < -0.39 is 0 Å². The van der Waals surface area contributed by atoms with Gasteiger partial charge in [0.2, 0.25) is 0 Å². The third-order valence-corrected chi connectivity index (χ3v) is 7.62. The van der Waals surface area contributed by atoms with E-state index in [1.54, 1.807) is 0 Å². The van der Waals surface area contributed by atoms with E-state index in [9.17, 15) is 4.79 Å². The quantitative estimate of drug-likeness (QED) is 0.102. The van der Waals surface area contributed by atoms with Crippen LogP contribution in [-0.4, -0.2) is 25.7 Å². The number of benzene rings is 1. The summed E-state index contributed by atoms with van der Waals surface area (Å²) in [5.41, 5.74) is 2.21. The second-order valence-electron chi connectivity index (χ2n) is 12.6. The highest BCUT2D eigenvalue weighted by Gasteiger charge is 2.20. The zero-order valence-electron chi connectivity index (χ0n) is 27.3. The first kappa shape index (κ1) is 38.2. The Bertz CT molecular complexity index is 990. The Kier molecular flexibility index (Phi) is 20.6.